The molecule has 0 N–H and O–H groups in total. The Hall–Kier alpha value is -2.63. The maximum Gasteiger partial charge on any atom is 0.256 e. The van der Waals surface area contributed by atoms with Crippen LogP contribution in [0.3, 0.4) is 0 Å². The third-order valence-electron chi connectivity index (χ3n) is 4.90. The Morgan fingerprint density at radius 3 is 2.55 bits per heavy atom. The van der Waals surface area contributed by atoms with Crippen molar-refractivity contribution >= 4 is 42.4 Å². The van der Waals surface area contributed by atoms with E-state index >= 15 is 0 Å². The Morgan fingerprint density at radius 1 is 1.19 bits per heavy atom. The van der Waals surface area contributed by atoms with E-state index in [0.717, 1.165) is 6.26 Å². The molecular formula is C20H25N5O4S2. The van der Waals surface area contributed by atoms with Crippen molar-refractivity contribution in [1.29, 1.82) is 0 Å². The molecule has 0 spiro atoms. The van der Waals surface area contributed by atoms with Gasteiger partial charge in [-0.3, -0.25) is 19.1 Å². The zero-order valence-corrected chi connectivity index (χ0v) is 19.7. The van der Waals surface area contributed by atoms with Gasteiger partial charge in [-0.2, -0.15) is 0 Å². The molecule has 166 valence electrons. The summed E-state index contributed by atoms with van der Waals surface area (Å²) in [6.45, 7) is 4.24. The van der Waals surface area contributed by atoms with Crippen LogP contribution in [0, 0.1) is 13.8 Å². The standard InChI is InChI=1S/C20H25N5O4S2/c1-13-14(2)21-12-24(19(13)27)11-18(26)25(9-8-23(3)4)20-22-16-7-6-15(31(5,28)29)10-17(16)30-20/h6-7,10,12H,8-9,11H2,1-5H3. The van der Waals surface area contributed by atoms with Crippen molar-refractivity contribution < 1.29 is 13.2 Å². The minimum Gasteiger partial charge on any atom is -0.308 e. The van der Waals surface area contributed by atoms with Gasteiger partial charge in [0.1, 0.15) is 6.54 Å². The van der Waals surface area contributed by atoms with Crippen LogP contribution in [0.2, 0.25) is 0 Å². The van der Waals surface area contributed by atoms with Crippen LogP contribution in [0.4, 0.5) is 5.13 Å². The number of amides is 1. The average Bonchev–Trinajstić information content (AvgIpc) is 3.10. The molecule has 0 saturated heterocycles. The molecule has 1 amide bonds. The van der Waals surface area contributed by atoms with Crippen LogP contribution in [0.1, 0.15) is 11.3 Å². The van der Waals surface area contributed by atoms with Gasteiger partial charge in [-0.15, -0.1) is 0 Å². The van der Waals surface area contributed by atoms with Crippen LogP contribution in [0.5, 0.6) is 0 Å². The molecule has 0 fully saturated rings. The maximum atomic E-state index is 13.2. The van der Waals surface area contributed by atoms with E-state index in [1.54, 1.807) is 26.0 Å². The topological polar surface area (TPSA) is 105 Å². The first kappa shape index (κ1) is 23.0. The summed E-state index contributed by atoms with van der Waals surface area (Å²) in [7, 11) is 0.450. The number of carbonyl (C=O) groups is 1. The fraction of sp³-hybridized carbons (Fsp3) is 0.400. The number of hydrogen-bond acceptors (Lipinski definition) is 8. The molecule has 3 aromatic rings. The molecule has 0 unspecified atom stereocenters. The normalized spacial score (nSPS) is 11.9. The number of hydrogen-bond donors (Lipinski definition) is 0. The maximum absolute atomic E-state index is 13.2. The van der Waals surface area contributed by atoms with E-state index in [2.05, 4.69) is 9.97 Å². The summed E-state index contributed by atoms with van der Waals surface area (Å²) in [5.41, 5.74) is 1.49. The van der Waals surface area contributed by atoms with Gasteiger partial charge in [0.2, 0.25) is 5.91 Å². The molecule has 31 heavy (non-hydrogen) atoms. The van der Waals surface area contributed by atoms with Crippen LogP contribution in [-0.4, -0.2) is 67.2 Å². The number of aromatic nitrogens is 3. The number of anilines is 1. The number of thiazole rings is 1. The molecule has 2 heterocycles. The Balaban J connectivity index is 1.97. The summed E-state index contributed by atoms with van der Waals surface area (Å²) in [4.78, 5) is 38.1. The summed E-state index contributed by atoms with van der Waals surface area (Å²) < 4.78 is 25.7. The molecule has 0 aliphatic heterocycles. The minimum atomic E-state index is -3.35. The molecule has 9 nitrogen and oxygen atoms in total. The molecule has 0 radical (unpaired) electrons. The predicted octanol–water partition coefficient (Wildman–Crippen LogP) is 1.47. The summed E-state index contributed by atoms with van der Waals surface area (Å²) in [6, 6.07) is 4.71. The monoisotopic (exact) mass is 463 g/mol. The van der Waals surface area contributed by atoms with E-state index in [9.17, 15) is 18.0 Å². The Kier molecular flexibility index (Phi) is 6.58. The molecule has 1 aromatic carbocycles. The lowest BCUT2D eigenvalue weighted by atomic mass is 10.3. The number of sulfone groups is 1. The second kappa shape index (κ2) is 8.85. The SMILES string of the molecule is Cc1ncn(CC(=O)N(CCN(C)C)c2nc3ccc(S(C)(=O)=O)cc3s2)c(=O)c1C. The summed E-state index contributed by atoms with van der Waals surface area (Å²) in [5.74, 6) is -0.295. The van der Waals surface area contributed by atoms with E-state index in [1.165, 1.54) is 33.2 Å². The summed E-state index contributed by atoms with van der Waals surface area (Å²) >= 11 is 1.24. The predicted molar refractivity (Wildman–Crippen MR) is 122 cm³/mol. The van der Waals surface area contributed by atoms with Crippen LogP contribution >= 0.6 is 11.3 Å². The smallest absolute Gasteiger partial charge is 0.256 e. The molecule has 11 heteroatoms. The molecule has 0 aliphatic rings. The number of likely N-dealkylation sites (N-methyl/N-ethyl adjacent to an activating group) is 1. The highest BCUT2D eigenvalue weighted by Gasteiger charge is 2.22. The van der Waals surface area contributed by atoms with Gasteiger partial charge in [0.15, 0.2) is 15.0 Å². The molecule has 0 aliphatic carbocycles. The van der Waals surface area contributed by atoms with Crippen LogP contribution in [-0.2, 0) is 21.2 Å². The van der Waals surface area contributed by atoms with Crippen molar-refractivity contribution in [2.24, 2.45) is 0 Å². The molecule has 2 aromatic heterocycles. The number of fused-ring (bicyclic) bond motifs is 1. The van der Waals surface area contributed by atoms with E-state index in [1.807, 2.05) is 19.0 Å². The van der Waals surface area contributed by atoms with Crippen LogP contribution in [0.25, 0.3) is 10.2 Å². The fourth-order valence-corrected chi connectivity index (χ4v) is 4.66. The number of nitrogens with zero attached hydrogens (tertiary/aromatic N) is 5. The molecule has 0 saturated carbocycles. The molecule has 0 atom stereocenters. The third kappa shape index (κ3) is 5.17. The molecular weight excluding hydrogens is 438 g/mol. The first-order valence-corrected chi connectivity index (χ1v) is 12.3. The van der Waals surface area contributed by atoms with Crippen molar-refractivity contribution in [2.45, 2.75) is 25.3 Å². The first-order valence-electron chi connectivity index (χ1n) is 9.55. The third-order valence-corrected chi connectivity index (χ3v) is 7.05. The van der Waals surface area contributed by atoms with Crippen molar-refractivity contribution in [2.75, 3.05) is 38.3 Å². The quantitative estimate of drug-likeness (QED) is 0.522. The summed E-state index contributed by atoms with van der Waals surface area (Å²) in [6.07, 6.45) is 2.53. The lowest BCUT2D eigenvalue weighted by Gasteiger charge is -2.22. The van der Waals surface area contributed by atoms with Crippen LogP contribution in [0.15, 0.2) is 34.2 Å². The average molecular weight is 464 g/mol. The number of benzene rings is 1. The second-order valence-electron chi connectivity index (χ2n) is 7.63. The van der Waals surface area contributed by atoms with E-state index in [-0.39, 0.29) is 22.9 Å². The number of carbonyl (C=O) groups excluding carboxylic acids is 1. The van der Waals surface area contributed by atoms with Gasteiger partial charge in [0.25, 0.3) is 5.56 Å². The van der Waals surface area contributed by atoms with Crippen molar-refractivity contribution in [3.8, 4) is 0 Å². The largest absolute Gasteiger partial charge is 0.308 e. The van der Waals surface area contributed by atoms with Crippen LogP contribution < -0.4 is 10.5 Å². The van der Waals surface area contributed by atoms with E-state index < -0.39 is 9.84 Å². The van der Waals surface area contributed by atoms with Gasteiger partial charge in [-0.05, 0) is 46.1 Å². The highest BCUT2D eigenvalue weighted by atomic mass is 32.2. The van der Waals surface area contributed by atoms with Gasteiger partial charge in [0, 0.05) is 30.6 Å². The Labute approximate surface area is 184 Å². The fourth-order valence-electron chi connectivity index (χ4n) is 2.89. The zero-order valence-electron chi connectivity index (χ0n) is 18.1. The second-order valence-corrected chi connectivity index (χ2v) is 10.7. The van der Waals surface area contributed by atoms with Gasteiger partial charge in [0.05, 0.1) is 21.4 Å². The Bertz CT molecular complexity index is 1290. The number of aryl methyl sites for hydroxylation is 1. The van der Waals surface area contributed by atoms with E-state index in [4.69, 9.17) is 0 Å². The number of rotatable bonds is 7. The zero-order chi connectivity index (χ0) is 22.9. The van der Waals surface area contributed by atoms with Crippen molar-refractivity contribution in [1.82, 2.24) is 19.4 Å². The highest BCUT2D eigenvalue weighted by Crippen LogP contribution is 2.30. The van der Waals surface area contributed by atoms with Gasteiger partial charge < -0.3 is 4.90 Å². The van der Waals surface area contributed by atoms with E-state index in [0.29, 0.717) is 39.7 Å². The van der Waals surface area contributed by atoms with Crippen molar-refractivity contribution in [3.05, 3.63) is 46.1 Å². The van der Waals surface area contributed by atoms with Crippen molar-refractivity contribution in [3.63, 3.8) is 0 Å². The molecule has 3 rings (SSSR count). The first-order chi connectivity index (χ1) is 14.5. The van der Waals surface area contributed by atoms with Gasteiger partial charge in [-0.1, -0.05) is 11.3 Å². The lowest BCUT2D eigenvalue weighted by Crippen LogP contribution is -2.40. The summed E-state index contributed by atoms with van der Waals surface area (Å²) in [5, 5.41) is 0.456. The highest BCUT2D eigenvalue weighted by molar-refractivity contribution is 7.90. The van der Waals surface area contributed by atoms with Gasteiger partial charge in [-0.25, -0.2) is 18.4 Å². The Morgan fingerprint density at radius 2 is 1.90 bits per heavy atom. The lowest BCUT2D eigenvalue weighted by molar-refractivity contribution is -0.119. The van der Waals surface area contributed by atoms with Gasteiger partial charge >= 0.3 is 0 Å². The minimum absolute atomic E-state index is 0.162. The molecule has 0 bridgehead atoms.